The number of nitrogens with one attached hydrogen (secondary N) is 1. The summed E-state index contributed by atoms with van der Waals surface area (Å²) in [6.07, 6.45) is 1.57. The van der Waals surface area contributed by atoms with Gasteiger partial charge in [0, 0.05) is 17.6 Å². The number of hydrogen-bond acceptors (Lipinski definition) is 3. The van der Waals surface area contributed by atoms with Crippen LogP contribution in [0.2, 0.25) is 0 Å². The lowest BCUT2D eigenvalue weighted by molar-refractivity contribution is 0.102. The predicted octanol–water partition coefficient (Wildman–Crippen LogP) is 3.76. The molecule has 1 heterocycles. The van der Waals surface area contributed by atoms with E-state index in [0.29, 0.717) is 17.6 Å². The molecule has 0 aromatic heterocycles. The summed E-state index contributed by atoms with van der Waals surface area (Å²) in [4.78, 5) is 12.4. The van der Waals surface area contributed by atoms with Crippen molar-refractivity contribution in [1.29, 1.82) is 0 Å². The number of para-hydroxylation sites is 1. The molecule has 1 fully saturated rings. The zero-order valence-electron chi connectivity index (χ0n) is 13.5. The number of carbonyl (C=O) groups excluding carboxylic acids is 1. The molecule has 138 valence electrons. The Balaban J connectivity index is 1.94. The van der Waals surface area contributed by atoms with Gasteiger partial charge in [0.05, 0.1) is 10.5 Å². The van der Waals surface area contributed by atoms with E-state index in [2.05, 4.69) is 21.2 Å². The molecule has 26 heavy (non-hydrogen) atoms. The highest BCUT2D eigenvalue weighted by atomic mass is 79.9. The quantitative estimate of drug-likeness (QED) is 0.780. The fraction of sp³-hybridized carbons (Fsp3) is 0.235. The van der Waals surface area contributed by atoms with Gasteiger partial charge in [-0.15, -0.1) is 0 Å². The molecule has 1 aliphatic heterocycles. The average Bonchev–Trinajstić information content (AvgIpc) is 3.14. The molecule has 0 atom stereocenters. The fourth-order valence-electron chi connectivity index (χ4n) is 2.71. The first kappa shape index (κ1) is 18.9. The van der Waals surface area contributed by atoms with E-state index in [1.165, 1.54) is 28.6 Å². The second-order valence-electron chi connectivity index (χ2n) is 5.80. The smallest absolute Gasteiger partial charge is 0.257 e. The third-order valence-electron chi connectivity index (χ3n) is 4.09. The second kappa shape index (κ2) is 7.42. The van der Waals surface area contributed by atoms with E-state index in [1.54, 1.807) is 0 Å². The molecule has 0 aliphatic carbocycles. The van der Waals surface area contributed by atoms with Gasteiger partial charge in [0.15, 0.2) is 0 Å². The van der Waals surface area contributed by atoms with Crippen LogP contribution >= 0.6 is 15.9 Å². The summed E-state index contributed by atoms with van der Waals surface area (Å²) in [5, 5.41) is 2.16. The van der Waals surface area contributed by atoms with Crippen molar-refractivity contribution in [3.8, 4) is 0 Å². The molecule has 1 aliphatic rings. The van der Waals surface area contributed by atoms with Gasteiger partial charge in [-0.2, -0.15) is 4.31 Å². The third-order valence-corrected chi connectivity index (χ3v) is 6.67. The van der Waals surface area contributed by atoms with Gasteiger partial charge in [0.1, 0.15) is 17.3 Å². The molecular formula is C17H15BrF2N2O3S. The van der Waals surface area contributed by atoms with Crippen LogP contribution in [0.1, 0.15) is 23.2 Å². The Kier molecular flexibility index (Phi) is 5.40. The minimum absolute atomic E-state index is 0.0343. The van der Waals surface area contributed by atoms with Gasteiger partial charge in [-0.05, 0) is 59.1 Å². The molecular weight excluding hydrogens is 430 g/mol. The van der Waals surface area contributed by atoms with Crippen LogP contribution in [0.3, 0.4) is 0 Å². The van der Waals surface area contributed by atoms with Gasteiger partial charge < -0.3 is 5.32 Å². The van der Waals surface area contributed by atoms with Crippen LogP contribution in [0.25, 0.3) is 0 Å². The number of amides is 1. The Morgan fingerprint density at radius 1 is 1.08 bits per heavy atom. The van der Waals surface area contributed by atoms with Crippen LogP contribution in [0.5, 0.6) is 0 Å². The molecule has 9 heteroatoms. The maximum absolute atomic E-state index is 13.7. The second-order valence-corrected chi connectivity index (χ2v) is 8.60. The van der Waals surface area contributed by atoms with Crippen molar-refractivity contribution in [2.75, 3.05) is 18.4 Å². The van der Waals surface area contributed by atoms with Crippen LogP contribution in [-0.4, -0.2) is 31.7 Å². The van der Waals surface area contributed by atoms with Gasteiger partial charge in [-0.1, -0.05) is 6.07 Å². The Bertz CT molecular complexity index is 940. The first-order valence-electron chi connectivity index (χ1n) is 7.86. The summed E-state index contributed by atoms with van der Waals surface area (Å²) >= 11 is 3.17. The van der Waals surface area contributed by atoms with Gasteiger partial charge in [-0.3, -0.25) is 4.79 Å². The molecule has 2 aromatic carbocycles. The van der Waals surface area contributed by atoms with Crippen LogP contribution in [-0.2, 0) is 10.0 Å². The van der Waals surface area contributed by atoms with Gasteiger partial charge in [0.2, 0.25) is 10.0 Å². The highest BCUT2D eigenvalue weighted by molar-refractivity contribution is 9.10. The Hall–Kier alpha value is -1.84. The van der Waals surface area contributed by atoms with E-state index in [-0.39, 0.29) is 10.5 Å². The first-order valence-corrected chi connectivity index (χ1v) is 10.1. The largest absolute Gasteiger partial charge is 0.317 e. The van der Waals surface area contributed by atoms with Crippen molar-refractivity contribution >= 4 is 37.5 Å². The number of rotatable bonds is 4. The predicted molar refractivity (Wildman–Crippen MR) is 96.4 cm³/mol. The lowest BCUT2D eigenvalue weighted by Gasteiger charge is -2.16. The number of anilines is 1. The lowest BCUT2D eigenvalue weighted by atomic mass is 10.2. The maximum atomic E-state index is 13.7. The molecule has 2 aromatic rings. The van der Waals surface area contributed by atoms with E-state index < -0.39 is 33.3 Å². The maximum Gasteiger partial charge on any atom is 0.257 e. The summed E-state index contributed by atoms with van der Waals surface area (Å²) in [5.41, 5.74) is -0.620. The summed E-state index contributed by atoms with van der Waals surface area (Å²) in [7, 11) is -3.72. The van der Waals surface area contributed by atoms with Crippen LogP contribution < -0.4 is 5.32 Å². The number of hydrogen-bond donors (Lipinski definition) is 1. The Morgan fingerprint density at radius 2 is 1.69 bits per heavy atom. The zero-order chi connectivity index (χ0) is 18.9. The standard InChI is InChI=1S/C17H15BrF2N2O3S/c18-13-7-6-11(26(24,25)22-8-1-2-9-22)10-12(13)17(23)21-16-14(19)4-3-5-15(16)20/h3-7,10H,1-2,8-9H2,(H,21,23). The van der Waals surface area contributed by atoms with E-state index in [0.717, 1.165) is 25.0 Å². The molecule has 5 nitrogen and oxygen atoms in total. The number of sulfonamides is 1. The monoisotopic (exact) mass is 444 g/mol. The molecule has 1 amide bonds. The number of halogens is 3. The van der Waals surface area contributed by atoms with Gasteiger partial charge in [-0.25, -0.2) is 17.2 Å². The topological polar surface area (TPSA) is 66.5 Å². The Morgan fingerprint density at radius 3 is 2.31 bits per heavy atom. The minimum atomic E-state index is -3.72. The van der Waals surface area contributed by atoms with E-state index in [9.17, 15) is 22.0 Å². The van der Waals surface area contributed by atoms with Crippen molar-refractivity contribution < 1.29 is 22.0 Å². The van der Waals surface area contributed by atoms with Gasteiger partial charge in [0.25, 0.3) is 5.91 Å². The molecule has 0 bridgehead atoms. The average molecular weight is 445 g/mol. The zero-order valence-corrected chi connectivity index (χ0v) is 15.9. The molecule has 3 rings (SSSR count). The van der Waals surface area contributed by atoms with E-state index in [1.807, 2.05) is 0 Å². The molecule has 1 saturated heterocycles. The van der Waals surface area contributed by atoms with Crippen molar-refractivity contribution in [3.63, 3.8) is 0 Å². The molecule has 0 saturated carbocycles. The summed E-state index contributed by atoms with van der Waals surface area (Å²) in [5.74, 6) is -2.66. The van der Waals surface area contributed by atoms with E-state index >= 15 is 0 Å². The van der Waals surface area contributed by atoms with Crippen LogP contribution in [0.4, 0.5) is 14.5 Å². The van der Waals surface area contributed by atoms with Crippen LogP contribution in [0.15, 0.2) is 45.8 Å². The normalized spacial score (nSPS) is 15.2. The van der Waals surface area contributed by atoms with Crippen molar-refractivity contribution in [2.45, 2.75) is 17.7 Å². The summed E-state index contributed by atoms with van der Waals surface area (Å²) < 4.78 is 54.4. The molecule has 0 radical (unpaired) electrons. The molecule has 1 N–H and O–H groups in total. The minimum Gasteiger partial charge on any atom is -0.317 e. The highest BCUT2D eigenvalue weighted by Crippen LogP contribution is 2.27. The summed E-state index contributed by atoms with van der Waals surface area (Å²) in [6, 6.07) is 7.23. The number of carbonyl (C=O) groups is 1. The summed E-state index contributed by atoms with van der Waals surface area (Å²) in [6.45, 7) is 0.862. The first-order chi connectivity index (χ1) is 12.3. The SMILES string of the molecule is O=C(Nc1c(F)cccc1F)c1cc(S(=O)(=O)N2CCCC2)ccc1Br. The lowest BCUT2D eigenvalue weighted by Crippen LogP contribution is -2.28. The van der Waals surface area contributed by atoms with Crippen molar-refractivity contribution in [1.82, 2.24) is 4.31 Å². The molecule has 0 spiro atoms. The van der Waals surface area contributed by atoms with Crippen molar-refractivity contribution in [2.24, 2.45) is 0 Å². The number of nitrogens with zero attached hydrogens (tertiary/aromatic N) is 1. The highest BCUT2D eigenvalue weighted by Gasteiger charge is 2.28. The van der Waals surface area contributed by atoms with Gasteiger partial charge >= 0.3 is 0 Å². The van der Waals surface area contributed by atoms with Crippen molar-refractivity contribution in [3.05, 3.63) is 58.1 Å². The fourth-order valence-corrected chi connectivity index (χ4v) is 4.69. The number of benzene rings is 2. The third kappa shape index (κ3) is 3.65. The molecule has 0 unspecified atom stereocenters. The van der Waals surface area contributed by atoms with E-state index in [4.69, 9.17) is 0 Å². The Labute approximate surface area is 158 Å². The van der Waals surface area contributed by atoms with Crippen LogP contribution in [0, 0.1) is 11.6 Å².